The second-order valence-electron chi connectivity index (χ2n) is 6.40. The molecule has 0 atom stereocenters. The van der Waals surface area contributed by atoms with Gasteiger partial charge in [0.2, 0.25) is 0 Å². The van der Waals surface area contributed by atoms with Gasteiger partial charge in [-0.2, -0.15) is 0 Å². The van der Waals surface area contributed by atoms with Crippen molar-refractivity contribution in [2.24, 2.45) is 0 Å². The largest absolute Gasteiger partial charge is 0.297 e. The van der Waals surface area contributed by atoms with Crippen molar-refractivity contribution in [3.63, 3.8) is 0 Å². The zero-order valence-corrected chi connectivity index (χ0v) is 16.7. The zero-order chi connectivity index (χ0) is 19.8. The molecule has 0 bridgehead atoms. The van der Waals surface area contributed by atoms with E-state index in [1.54, 1.807) is 12.1 Å². The Labute approximate surface area is 168 Å². The molecular formula is C20H15N3O3S2. The number of hydrogen-bond donors (Lipinski definition) is 1. The molecular weight excluding hydrogens is 394 g/mol. The SMILES string of the molecule is Cc1ccc(C)c(-c2csc(NC(=O)c3cc4cc([N+](=O)[O-])ccc4s3)n2)c1. The fourth-order valence-electron chi connectivity index (χ4n) is 2.88. The molecule has 6 nitrogen and oxygen atoms in total. The number of rotatable bonds is 4. The predicted octanol–water partition coefficient (Wildman–Crippen LogP) is 5.80. The number of aryl methyl sites for hydroxylation is 2. The Bertz CT molecular complexity index is 1230. The molecule has 0 spiro atoms. The molecule has 0 aliphatic rings. The molecule has 0 saturated carbocycles. The van der Waals surface area contributed by atoms with E-state index in [4.69, 9.17) is 0 Å². The van der Waals surface area contributed by atoms with Gasteiger partial charge in [-0.15, -0.1) is 22.7 Å². The second-order valence-corrected chi connectivity index (χ2v) is 8.34. The Hall–Kier alpha value is -3.10. The van der Waals surface area contributed by atoms with Crippen LogP contribution in [0, 0.1) is 24.0 Å². The number of nitro groups is 1. The van der Waals surface area contributed by atoms with Gasteiger partial charge in [0.25, 0.3) is 11.6 Å². The summed E-state index contributed by atoms with van der Waals surface area (Å²) in [5, 5.41) is 16.9. The first-order chi connectivity index (χ1) is 13.4. The number of hydrogen-bond acceptors (Lipinski definition) is 6. The van der Waals surface area contributed by atoms with Crippen LogP contribution in [0.2, 0.25) is 0 Å². The van der Waals surface area contributed by atoms with Gasteiger partial charge >= 0.3 is 0 Å². The molecule has 140 valence electrons. The van der Waals surface area contributed by atoms with Crippen LogP contribution in [0.3, 0.4) is 0 Å². The fourth-order valence-corrected chi connectivity index (χ4v) is 4.53. The number of fused-ring (bicyclic) bond motifs is 1. The number of nitro benzene ring substituents is 1. The Kier molecular flexibility index (Phi) is 4.66. The van der Waals surface area contributed by atoms with Crippen LogP contribution < -0.4 is 5.32 Å². The van der Waals surface area contributed by atoms with Crippen molar-refractivity contribution in [1.82, 2.24) is 4.98 Å². The normalized spacial score (nSPS) is 10.9. The number of nitrogens with zero attached hydrogens (tertiary/aromatic N) is 2. The van der Waals surface area contributed by atoms with E-state index in [1.165, 1.54) is 34.8 Å². The van der Waals surface area contributed by atoms with E-state index in [0.717, 1.165) is 27.1 Å². The third kappa shape index (κ3) is 3.51. The number of carbonyl (C=O) groups is 1. The Balaban J connectivity index is 1.57. The van der Waals surface area contributed by atoms with Crippen LogP contribution in [0.1, 0.15) is 20.8 Å². The first-order valence-electron chi connectivity index (χ1n) is 8.43. The smallest absolute Gasteiger partial charge is 0.270 e. The Morgan fingerprint density at radius 1 is 1.14 bits per heavy atom. The number of amides is 1. The molecule has 0 unspecified atom stereocenters. The molecule has 2 heterocycles. The minimum absolute atomic E-state index is 0.00958. The highest BCUT2D eigenvalue weighted by molar-refractivity contribution is 7.21. The summed E-state index contributed by atoms with van der Waals surface area (Å²) < 4.78 is 0.825. The van der Waals surface area contributed by atoms with Crippen LogP contribution in [0.5, 0.6) is 0 Å². The van der Waals surface area contributed by atoms with Gasteiger partial charge in [-0.05, 0) is 37.6 Å². The number of thiazole rings is 1. The van der Waals surface area contributed by atoms with Gasteiger partial charge in [-0.1, -0.05) is 17.7 Å². The summed E-state index contributed by atoms with van der Waals surface area (Å²) in [5.41, 5.74) is 4.16. The van der Waals surface area contributed by atoms with Crippen LogP contribution in [-0.2, 0) is 0 Å². The highest BCUT2D eigenvalue weighted by Gasteiger charge is 2.15. The van der Waals surface area contributed by atoms with Gasteiger partial charge < -0.3 is 0 Å². The molecule has 1 N–H and O–H groups in total. The lowest BCUT2D eigenvalue weighted by Gasteiger charge is -2.03. The molecule has 0 saturated heterocycles. The molecule has 0 aliphatic heterocycles. The summed E-state index contributed by atoms with van der Waals surface area (Å²) >= 11 is 2.66. The van der Waals surface area contributed by atoms with Gasteiger partial charge in [0.15, 0.2) is 5.13 Å². The van der Waals surface area contributed by atoms with Gasteiger partial charge in [-0.3, -0.25) is 20.2 Å². The first kappa shape index (κ1) is 18.3. The molecule has 4 aromatic rings. The zero-order valence-electron chi connectivity index (χ0n) is 15.1. The van der Waals surface area contributed by atoms with E-state index < -0.39 is 4.92 Å². The summed E-state index contributed by atoms with van der Waals surface area (Å²) in [6.07, 6.45) is 0. The highest BCUT2D eigenvalue weighted by atomic mass is 32.1. The topological polar surface area (TPSA) is 85.1 Å². The molecule has 0 fully saturated rings. The quantitative estimate of drug-likeness (QED) is 0.341. The maximum Gasteiger partial charge on any atom is 0.270 e. The lowest BCUT2D eigenvalue weighted by Crippen LogP contribution is -2.09. The van der Waals surface area contributed by atoms with Gasteiger partial charge in [-0.25, -0.2) is 4.98 Å². The molecule has 2 aromatic heterocycles. The summed E-state index contributed by atoms with van der Waals surface area (Å²) in [6.45, 7) is 4.06. The molecule has 2 aromatic carbocycles. The van der Waals surface area contributed by atoms with Crippen molar-refractivity contribution in [3.8, 4) is 11.3 Å². The van der Waals surface area contributed by atoms with Crippen LogP contribution in [0.25, 0.3) is 21.3 Å². The number of nitrogens with one attached hydrogen (secondary N) is 1. The third-order valence-electron chi connectivity index (χ3n) is 4.33. The monoisotopic (exact) mass is 409 g/mol. The van der Waals surface area contributed by atoms with Crippen LogP contribution >= 0.6 is 22.7 Å². The predicted molar refractivity (Wildman–Crippen MR) is 113 cm³/mol. The van der Waals surface area contributed by atoms with Crippen molar-refractivity contribution < 1.29 is 9.72 Å². The van der Waals surface area contributed by atoms with E-state index in [2.05, 4.69) is 28.5 Å². The molecule has 8 heteroatoms. The van der Waals surface area contributed by atoms with Crippen molar-refractivity contribution in [3.05, 3.63) is 74.0 Å². The number of non-ortho nitro benzene ring substituents is 1. The van der Waals surface area contributed by atoms with E-state index in [0.29, 0.717) is 15.4 Å². The van der Waals surface area contributed by atoms with Gasteiger partial charge in [0, 0.05) is 33.2 Å². The van der Waals surface area contributed by atoms with E-state index >= 15 is 0 Å². The number of aromatic nitrogens is 1. The average Bonchev–Trinajstić information content (AvgIpc) is 3.29. The standard InChI is InChI=1S/C20H15N3O3S2/c1-11-3-4-12(2)15(7-11)16-10-27-20(21-16)22-19(24)18-9-13-8-14(23(25)26)5-6-17(13)28-18/h3-10H,1-2H3,(H,21,22,24). The van der Waals surface area contributed by atoms with Crippen molar-refractivity contribution >= 4 is 49.5 Å². The number of carbonyl (C=O) groups excluding carboxylic acids is 1. The lowest BCUT2D eigenvalue weighted by molar-refractivity contribution is -0.384. The molecule has 0 aliphatic carbocycles. The summed E-state index contributed by atoms with van der Waals surface area (Å²) in [7, 11) is 0. The summed E-state index contributed by atoms with van der Waals surface area (Å²) in [5.74, 6) is -0.272. The van der Waals surface area contributed by atoms with E-state index in [-0.39, 0.29) is 11.6 Å². The van der Waals surface area contributed by atoms with Crippen LogP contribution in [0.4, 0.5) is 10.8 Å². The van der Waals surface area contributed by atoms with E-state index in [9.17, 15) is 14.9 Å². The minimum Gasteiger partial charge on any atom is -0.297 e. The fraction of sp³-hybridized carbons (Fsp3) is 0.100. The van der Waals surface area contributed by atoms with Gasteiger partial charge in [0.1, 0.15) is 0 Å². The van der Waals surface area contributed by atoms with Crippen molar-refractivity contribution in [2.75, 3.05) is 5.32 Å². The molecule has 28 heavy (non-hydrogen) atoms. The van der Waals surface area contributed by atoms with Crippen molar-refractivity contribution in [2.45, 2.75) is 13.8 Å². The maximum absolute atomic E-state index is 12.6. The minimum atomic E-state index is -0.443. The molecule has 0 radical (unpaired) electrons. The van der Waals surface area contributed by atoms with Crippen LogP contribution in [-0.4, -0.2) is 15.8 Å². The highest BCUT2D eigenvalue weighted by Crippen LogP contribution is 2.31. The Morgan fingerprint density at radius 2 is 1.96 bits per heavy atom. The van der Waals surface area contributed by atoms with Crippen molar-refractivity contribution in [1.29, 1.82) is 0 Å². The first-order valence-corrected chi connectivity index (χ1v) is 10.1. The number of anilines is 1. The maximum atomic E-state index is 12.6. The molecule has 4 rings (SSSR count). The lowest BCUT2D eigenvalue weighted by atomic mass is 10.0. The third-order valence-corrected chi connectivity index (χ3v) is 6.20. The number of benzene rings is 2. The van der Waals surface area contributed by atoms with E-state index in [1.807, 2.05) is 19.2 Å². The summed E-state index contributed by atoms with van der Waals surface area (Å²) in [6, 6.07) is 12.4. The Morgan fingerprint density at radius 3 is 2.75 bits per heavy atom. The molecule has 1 amide bonds. The average molecular weight is 409 g/mol. The number of thiophene rings is 1. The summed E-state index contributed by atoms with van der Waals surface area (Å²) in [4.78, 5) is 28.1. The van der Waals surface area contributed by atoms with Crippen LogP contribution in [0.15, 0.2) is 47.8 Å². The van der Waals surface area contributed by atoms with Gasteiger partial charge in [0.05, 0.1) is 15.5 Å². The second kappa shape index (κ2) is 7.14.